The van der Waals surface area contributed by atoms with Crippen molar-refractivity contribution >= 4 is 37.3 Å². The quantitative estimate of drug-likeness (QED) is 0.726. The number of carbonyl (C=O) groups excluding carboxylic acids is 1. The van der Waals surface area contributed by atoms with Crippen molar-refractivity contribution < 1.29 is 21.6 Å². The largest absolute Gasteiger partial charge is 0.325 e. The molecule has 0 aliphatic rings. The summed E-state index contributed by atoms with van der Waals surface area (Å²) in [6.07, 6.45) is 0.984. The van der Waals surface area contributed by atoms with Crippen LogP contribution in [0, 0.1) is 6.92 Å². The summed E-state index contributed by atoms with van der Waals surface area (Å²) in [6.45, 7) is 1.44. The third-order valence-electron chi connectivity index (χ3n) is 3.89. The Labute approximate surface area is 165 Å². The molecule has 0 aliphatic carbocycles. The van der Waals surface area contributed by atoms with Gasteiger partial charge in [-0.2, -0.15) is 0 Å². The van der Waals surface area contributed by atoms with Gasteiger partial charge in [-0.05, 0) is 48.9 Å². The van der Waals surface area contributed by atoms with Crippen LogP contribution < -0.4 is 9.62 Å². The zero-order valence-corrected chi connectivity index (χ0v) is 17.7. The van der Waals surface area contributed by atoms with E-state index in [1.165, 1.54) is 38.4 Å². The molecule has 152 valence electrons. The number of nitrogens with zero attached hydrogens (tertiary/aromatic N) is 2. The number of aryl methyl sites for hydroxylation is 1. The fourth-order valence-electron chi connectivity index (χ4n) is 2.45. The first-order chi connectivity index (χ1) is 12.9. The highest BCUT2D eigenvalue weighted by atomic mass is 32.2. The van der Waals surface area contributed by atoms with Gasteiger partial charge in [0, 0.05) is 19.8 Å². The standard InChI is InChI=1S/C18H23N3O5S2/c1-14-6-5-7-15(12-14)19-18(22)13-21(27(4,23)24)16-8-10-17(11-9-16)28(25,26)20(2)3/h5-12H,13H2,1-4H3,(H,19,22). The van der Waals surface area contributed by atoms with E-state index in [4.69, 9.17) is 0 Å². The van der Waals surface area contributed by atoms with Crippen molar-refractivity contribution in [1.29, 1.82) is 0 Å². The van der Waals surface area contributed by atoms with Crippen LogP contribution in [-0.2, 0) is 24.8 Å². The first-order valence-corrected chi connectivity index (χ1v) is 11.6. The second-order valence-corrected chi connectivity index (χ2v) is 10.5. The van der Waals surface area contributed by atoms with E-state index in [0.29, 0.717) is 5.69 Å². The molecule has 0 atom stereocenters. The molecule has 0 saturated heterocycles. The monoisotopic (exact) mass is 425 g/mol. The molecule has 28 heavy (non-hydrogen) atoms. The summed E-state index contributed by atoms with van der Waals surface area (Å²) >= 11 is 0. The SMILES string of the molecule is Cc1cccc(NC(=O)CN(c2ccc(S(=O)(=O)N(C)C)cc2)S(C)(=O)=O)c1. The number of amides is 1. The molecule has 0 bridgehead atoms. The number of sulfonamides is 2. The molecule has 2 aromatic carbocycles. The smallest absolute Gasteiger partial charge is 0.245 e. The highest BCUT2D eigenvalue weighted by molar-refractivity contribution is 7.92. The van der Waals surface area contributed by atoms with Crippen LogP contribution in [0.3, 0.4) is 0 Å². The average molecular weight is 426 g/mol. The van der Waals surface area contributed by atoms with Crippen LogP contribution in [0.25, 0.3) is 0 Å². The fourth-order valence-corrected chi connectivity index (χ4v) is 4.21. The van der Waals surface area contributed by atoms with Crippen LogP contribution in [0.15, 0.2) is 53.4 Å². The molecule has 2 rings (SSSR count). The van der Waals surface area contributed by atoms with Gasteiger partial charge in [0.1, 0.15) is 6.54 Å². The van der Waals surface area contributed by atoms with Gasteiger partial charge >= 0.3 is 0 Å². The van der Waals surface area contributed by atoms with Crippen LogP contribution in [-0.4, -0.2) is 53.9 Å². The van der Waals surface area contributed by atoms with Gasteiger partial charge in [-0.1, -0.05) is 12.1 Å². The number of benzene rings is 2. The Kier molecular flexibility index (Phi) is 6.48. The van der Waals surface area contributed by atoms with E-state index in [1.54, 1.807) is 18.2 Å². The normalized spacial score (nSPS) is 12.0. The summed E-state index contributed by atoms with van der Waals surface area (Å²) in [5.74, 6) is -0.513. The molecule has 0 saturated carbocycles. The number of anilines is 2. The predicted octanol–water partition coefficient (Wildman–Crippen LogP) is 1.65. The highest BCUT2D eigenvalue weighted by Crippen LogP contribution is 2.22. The molecular weight excluding hydrogens is 402 g/mol. The lowest BCUT2D eigenvalue weighted by Gasteiger charge is -2.22. The molecule has 0 fully saturated rings. The van der Waals surface area contributed by atoms with Gasteiger partial charge in [0.2, 0.25) is 26.0 Å². The number of hydrogen-bond donors (Lipinski definition) is 1. The first kappa shape index (κ1) is 21.9. The molecule has 0 aromatic heterocycles. The van der Waals surface area contributed by atoms with Gasteiger partial charge in [0.05, 0.1) is 16.8 Å². The summed E-state index contributed by atoms with van der Waals surface area (Å²) in [4.78, 5) is 12.4. The molecule has 0 heterocycles. The van der Waals surface area contributed by atoms with Crippen molar-refractivity contribution in [1.82, 2.24) is 4.31 Å². The molecule has 10 heteroatoms. The maximum Gasteiger partial charge on any atom is 0.245 e. The molecule has 1 amide bonds. The van der Waals surface area contributed by atoms with Crippen molar-refractivity contribution in [3.63, 3.8) is 0 Å². The number of hydrogen-bond acceptors (Lipinski definition) is 5. The van der Waals surface area contributed by atoms with Gasteiger partial charge in [0.25, 0.3) is 0 Å². The van der Waals surface area contributed by atoms with Crippen molar-refractivity contribution in [2.75, 3.05) is 36.5 Å². The Balaban J connectivity index is 2.26. The van der Waals surface area contributed by atoms with Crippen molar-refractivity contribution in [2.45, 2.75) is 11.8 Å². The summed E-state index contributed by atoms with van der Waals surface area (Å²) in [5, 5.41) is 2.66. The van der Waals surface area contributed by atoms with E-state index in [1.807, 2.05) is 13.0 Å². The second kappa shape index (κ2) is 8.29. The molecule has 2 aromatic rings. The number of rotatable bonds is 7. The third-order valence-corrected chi connectivity index (χ3v) is 6.86. The molecule has 8 nitrogen and oxygen atoms in total. The minimum absolute atomic E-state index is 0.0268. The van der Waals surface area contributed by atoms with E-state index in [-0.39, 0.29) is 10.6 Å². The summed E-state index contributed by atoms with van der Waals surface area (Å²) in [6, 6.07) is 12.5. The molecule has 0 unspecified atom stereocenters. The topological polar surface area (TPSA) is 104 Å². The first-order valence-electron chi connectivity index (χ1n) is 8.28. The van der Waals surface area contributed by atoms with Crippen LogP contribution in [0.5, 0.6) is 0 Å². The Morgan fingerprint density at radius 3 is 2.11 bits per heavy atom. The average Bonchev–Trinajstić information content (AvgIpc) is 2.58. The molecule has 0 spiro atoms. The van der Waals surface area contributed by atoms with E-state index in [2.05, 4.69) is 5.32 Å². The van der Waals surface area contributed by atoms with Crippen LogP contribution in [0.4, 0.5) is 11.4 Å². The van der Waals surface area contributed by atoms with E-state index in [9.17, 15) is 21.6 Å². The van der Waals surface area contributed by atoms with Crippen molar-refractivity contribution in [3.8, 4) is 0 Å². The van der Waals surface area contributed by atoms with Gasteiger partial charge in [-0.15, -0.1) is 0 Å². The Bertz CT molecular complexity index is 1060. The maximum atomic E-state index is 12.3. The van der Waals surface area contributed by atoms with Gasteiger partial charge in [-0.25, -0.2) is 21.1 Å². The van der Waals surface area contributed by atoms with E-state index < -0.39 is 32.5 Å². The van der Waals surface area contributed by atoms with Gasteiger partial charge in [0.15, 0.2) is 0 Å². The summed E-state index contributed by atoms with van der Waals surface area (Å²) < 4.78 is 50.6. The zero-order chi connectivity index (χ0) is 21.1. The van der Waals surface area contributed by atoms with Gasteiger partial charge in [-0.3, -0.25) is 9.10 Å². The van der Waals surface area contributed by atoms with Crippen molar-refractivity contribution in [2.24, 2.45) is 0 Å². The van der Waals surface area contributed by atoms with Crippen molar-refractivity contribution in [3.05, 3.63) is 54.1 Å². The lowest BCUT2D eigenvalue weighted by atomic mass is 10.2. The second-order valence-electron chi connectivity index (χ2n) is 6.47. The number of carbonyl (C=O) groups is 1. The van der Waals surface area contributed by atoms with Crippen LogP contribution in [0.1, 0.15) is 5.56 Å². The Morgan fingerprint density at radius 2 is 1.61 bits per heavy atom. The van der Waals surface area contributed by atoms with Crippen LogP contribution >= 0.6 is 0 Å². The third kappa shape index (κ3) is 5.31. The molecule has 0 radical (unpaired) electrons. The minimum atomic E-state index is -3.77. The highest BCUT2D eigenvalue weighted by Gasteiger charge is 2.23. The maximum absolute atomic E-state index is 12.3. The predicted molar refractivity (Wildman–Crippen MR) is 109 cm³/mol. The summed E-state index contributed by atoms with van der Waals surface area (Å²) in [5.41, 5.74) is 1.71. The Morgan fingerprint density at radius 1 is 1.00 bits per heavy atom. The molecule has 1 N–H and O–H groups in total. The zero-order valence-electron chi connectivity index (χ0n) is 16.1. The summed E-state index contributed by atoms with van der Waals surface area (Å²) in [7, 11) is -4.59. The molecule has 0 aliphatic heterocycles. The number of nitrogens with one attached hydrogen (secondary N) is 1. The lowest BCUT2D eigenvalue weighted by Crippen LogP contribution is -2.37. The lowest BCUT2D eigenvalue weighted by molar-refractivity contribution is -0.114. The van der Waals surface area contributed by atoms with Gasteiger partial charge < -0.3 is 5.32 Å². The Hall–Kier alpha value is -2.43. The fraction of sp³-hybridized carbons (Fsp3) is 0.278. The van der Waals surface area contributed by atoms with Crippen LogP contribution in [0.2, 0.25) is 0 Å². The van der Waals surface area contributed by atoms with E-state index in [0.717, 1.165) is 20.4 Å². The van der Waals surface area contributed by atoms with E-state index >= 15 is 0 Å². The minimum Gasteiger partial charge on any atom is -0.325 e. The molecular formula is C18H23N3O5S2.